The molecule has 0 fully saturated rings. The number of benzene rings is 2. The molecule has 0 bridgehead atoms. The number of carbonyl (C=O) groups is 2. The Labute approximate surface area is 197 Å². The lowest BCUT2D eigenvalue weighted by Crippen LogP contribution is -2.50. The summed E-state index contributed by atoms with van der Waals surface area (Å²) >= 11 is 0. The van der Waals surface area contributed by atoms with Gasteiger partial charge in [-0.25, -0.2) is 8.42 Å². The molecule has 0 aromatic heterocycles. The molecule has 8 heteroatoms. The van der Waals surface area contributed by atoms with Crippen molar-refractivity contribution in [2.24, 2.45) is 5.92 Å². The van der Waals surface area contributed by atoms with Gasteiger partial charge in [0.1, 0.15) is 6.04 Å². The van der Waals surface area contributed by atoms with Crippen molar-refractivity contribution >= 4 is 21.8 Å². The van der Waals surface area contributed by atoms with E-state index in [4.69, 9.17) is 0 Å². The normalized spacial score (nSPS) is 13.5. The van der Waals surface area contributed by atoms with Gasteiger partial charge in [0.25, 0.3) is 0 Å². The molecule has 2 N–H and O–H groups in total. The lowest BCUT2D eigenvalue weighted by Gasteiger charge is -2.24. The average Bonchev–Trinajstić information content (AvgIpc) is 2.78. The summed E-state index contributed by atoms with van der Waals surface area (Å²) in [6.45, 7) is 10.00. The van der Waals surface area contributed by atoms with E-state index in [0.29, 0.717) is 13.1 Å². The van der Waals surface area contributed by atoms with Crippen molar-refractivity contribution in [3.63, 3.8) is 0 Å². The van der Waals surface area contributed by atoms with Crippen LogP contribution >= 0.6 is 0 Å². The van der Waals surface area contributed by atoms with Crippen molar-refractivity contribution in [3.8, 4) is 0 Å². The minimum absolute atomic E-state index is 0.0986. The molecule has 33 heavy (non-hydrogen) atoms. The summed E-state index contributed by atoms with van der Waals surface area (Å²) in [5.41, 5.74) is 1.66. The minimum Gasteiger partial charge on any atom is -0.348 e. The van der Waals surface area contributed by atoms with Gasteiger partial charge >= 0.3 is 0 Å². The van der Waals surface area contributed by atoms with Gasteiger partial charge in [-0.05, 0) is 36.1 Å². The number of rotatable bonds is 11. The second kappa shape index (κ2) is 12.0. The van der Waals surface area contributed by atoms with Crippen LogP contribution in [0.2, 0.25) is 0 Å². The van der Waals surface area contributed by atoms with Crippen molar-refractivity contribution in [2.75, 3.05) is 13.1 Å². The second-order valence-electron chi connectivity index (χ2n) is 8.34. The van der Waals surface area contributed by atoms with Crippen molar-refractivity contribution in [2.45, 2.75) is 58.0 Å². The van der Waals surface area contributed by atoms with Crippen molar-refractivity contribution in [1.29, 1.82) is 0 Å². The van der Waals surface area contributed by atoms with Crippen LogP contribution in [0.15, 0.2) is 59.5 Å². The molecule has 0 saturated heterocycles. The van der Waals surface area contributed by atoms with E-state index in [0.717, 1.165) is 11.1 Å². The standard InChI is InChI=1S/C25H35N3O4S/c1-6-28(7-2)33(31,32)22-15-13-21(14-16-22)19(5)26-25(30)24(18(3)4)27-23(29)17-20-11-9-8-10-12-20/h8-16,18-19,24H,6-7,17H2,1-5H3,(H,26,30)(H,27,29)/t19?,24-/m0/s1. The van der Waals surface area contributed by atoms with E-state index in [-0.39, 0.29) is 35.1 Å². The molecule has 2 atom stereocenters. The number of nitrogens with zero attached hydrogens (tertiary/aromatic N) is 1. The molecule has 1 unspecified atom stereocenters. The zero-order chi connectivity index (χ0) is 24.6. The highest BCUT2D eigenvalue weighted by Gasteiger charge is 2.26. The highest BCUT2D eigenvalue weighted by atomic mass is 32.2. The molecule has 2 rings (SSSR count). The molecule has 2 amide bonds. The van der Waals surface area contributed by atoms with Gasteiger partial charge in [0.15, 0.2) is 0 Å². The van der Waals surface area contributed by atoms with Crippen molar-refractivity contribution in [3.05, 3.63) is 65.7 Å². The van der Waals surface area contributed by atoms with E-state index in [1.165, 1.54) is 4.31 Å². The first-order valence-corrected chi connectivity index (χ1v) is 12.8. The molecule has 0 aliphatic rings. The Kier molecular flexibility index (Phi) is 9.61. The molecule has 2 aromatic rings. The van der Waals surface area contributed by atoms with Gasteiger partial charge in [0.05, 0.1) is 17.4 Å². The third kappa shape index (κ3) is 7.14. The van der Waals surface area contributed by atoms with E-state index in [1.54, 1.807) is 38.1 Å². The Morgan fingerprint density at radius 3 is 1.97 bits per heavy atom. The summed E-state index contributed by atoms with van der Waals surface area (Å²) < 4.78 is 26.7. The van der Waals surface area contributed by atoms with Crippen LogP contribution in [0.3, 0.4) is 0 Å². The van der Waals surface area contributed by atoms with Crippen molar-refractivity contribution in [1.82, 2.24) is 14.9 Å². The smallest absolute Gasteiger partial charge is 0.243 e. The largest absolute Gasteiger partial charge is 0.348 e. The van der Waals surface area contributed by atoms with E-state index in [9.17, 15) is 18.0 Å². The third-order valence-electron chi connectivity index (χ3n) is 5.56. The first-order valence-electron chi connectivity index (χ1n) is 11.3. The number of hydrogen-bond donors (Lipinski definition) is 2. The van der Waals surface area contributed by atoms with Crippen LogP contribution in [0.5, 0.6) is 0 Å². The molecule has 2 aromatic carbocycles. The number of amides is 2. The van der Waals surface area contributed by atoms with Crippen LogP contribution in [0.4, 0.5) is 0 Å². The first-order chi connectivity index (χ1) is 15.6. The molecular formula is C25H35N3O4S. The Balaban J connectivity index is 2.05. The Morgan fingerprint density at radius 1 is 0.879 bits per heavy atom. The zero-order valence-electron chi connectivity index (χ0n) is 20.0. The molecule has 0 spiro atoms. The summed E-state index contributed by atoms with van der Waals surface area (Å²) in [6, 6.07) is 14.9. The van der Waals surface area contributed by atoms with Crippen LogP contribution < -0.4 is 10.6 Å². The number of hydrogen-bond acceptors (Lipinski definition) is 4. The molecule has 0 heterocycles. The summed E-state index contributed by atoms with van der Waals surface area (Å²) in [5.74, 6) is -0.592. The average molecular weight is 474 g/mol. The van der Waals surface area contributed by atoms with Crippen LogP contribution in [0.25, 0.3) is 0 Å². The van der Waals surface area contributed by atoms with Gasteiger partial charge in [-0.2, -0.15) is 4.31 Å². The predicted octanol–water partition coefficient (Wildman–Crippen LogP) is 3.28. The highest BCUT2D eigenvalue weighted by Crippen LogP contribution is 2.20. The van der Waals surface area contributed by atoms with E-state index in [2.05, 4.69) is 10.6 Å². The van der Waals surface area contributed by atoms with Crippen LogP contribution in [0, 0.1) is 5.92 Å². The summed E-state index contributed by atoms with van der Waals surface area (Å²) in [4.78, 5) is 25.6. The molecule has 0 aliphatic heterocycles. The maximum Gasteiger partial charge on any atom is 0.243 e. The third-order valence-corrected chi connectivity index (χ3v) is 7.62. The van der Waals surface area contributed by atoms with Crippen LogP contribution in [-0.2, 0) is 26.0 Å². The zero-order valence-corrected chi connectivity index (χ0v) is 20.9. The lowest BCUT2D eigenvalue weighted by atomic mass is 10.0. The fourth-order valence-corrected chi connectivity index (χ4v) is 5.03. The number of sulfonamides is 1. The SMILES string of the molecule is CCN(CC)S(=O)(=O)c1ccc(C(C)NC(=O)[C@@H](NC(=O)Cc2ccccc2)C(C)C)cc1. The maximum atomic E-state index is 12.9. The summed E-state index contributed by atoms with van der Waals surface area (Å²) in [6.07, 6.45) is 0.204. The summed E-state index contributed by atoms with van der Waals surface area (Å²) in [7, 11) is -3.53. The first kappa shape index (κ1) is 26.5. The van der Waals surface area contributed by atoms with E-state index < -0.39 is 16.1 Å². The van der Waals surface area contributed by atoms with Gasteiger partial charge in [-0.3, -0.25) is 9.59 Å². The number of nitrogens with one attached hydrogen (secondary N) is 2. The molecule has 0 aliphatic carbocycles. The van der Waals surface area contributed by atoms with Crippen LogP contribution in [-0.4, -0.2) is 43.7 Å². The van der Waals surface area contributed by atoms with Gasteiger partial charge in [0, 0.05) is 13.1 Å². The molecule has 7 nitrogen and oxygen atoms in total. The Hall–Kier alpha value is -2.71. The fourth-order valence-electron chi connectivity index (χ4n) is 3.57. The van der Waals surface area contributed by atoms with Crippen molar-refractivity contribution < 1.29 is 18.0 Å². The molecular weight excluding hydrogens is 438 g/mol. The predicted molar refractivity (Wildman–Crippen MR) is 130 cm³/mol. The van der Waals surface area contributed by atoms with Crippen LogP contribution in [0.1, 0.15) is 51.8 Å². The van der Waals surface area contributed by atoms with Gasteiger partial charge < -0.3 is 10.6 Å². The fraction of sp³-hybridized carbons (Fsp3) is 0.440. The minimum atomic E-state index is -3.53. The summed E-state index contributed by atoms with van der Waals surface area (Å²) in [5, 5.41) is 5.78. The van der Waals surface area contributed by atoms with Gasteiger partial charge in [-0.15, -0.1) is 0 Å². The van der Waals surface area contributed by atoms with Gasteiger partial charge in [-0.1, -0.05) is 70.2 Å². The van der Waals surface area contributed by atoms with Gasteiger partial charge in [0.2, 0.25) is 21.8 Å². The van der Waals surface area contributed by atoms with E-state index >= 15 is 0 Å². The highest BCUT2D eigenvalue weighted by molar-refractivity contribution is 7.89. The number of carbonyl (C=O) groups excluding carboxylic acids is 2. The molecule has 180 valence electrons. The quantitative estimate of drug-likeness (QED) is 0.524. The Morgan fingerprint density at radius 2 is 1.45 bits per heavy atom. The maximum absolute atomic E-state index is 12.9. The monoisotopic (exact) mass is 473 g/mol. The second-order valence-corrected chi connectivity index (χ2v) is 10.3. The van der Waals surface area contributed by atoms with E-state index in [1.807, 2.05) is 51.1 Å². The Bertz CT molecular complexity index is 1020. The topological polar surface area (TPSA) is 95.6 Å². The lowest BCUT2D eigenvalue weighted by molar-refractivity contribution is -0.130. The molecule has 0 radical (unpaired) electrons. The molecule has 0 saturated carbocycles.